The molecule has 9 nitrogen and oxygen atoms in total. The Morgan fingerprint density at radius 2 is 1.68 bits per heavy atom. The number of carbonyl (C=O) groups excluding carboxylic acids is 1. The van der Waals surface area contributed by atoms with Gasteiger partial charge in [0.1, 0.15) is 17.5 Å². The Morgan fingerprint density at radius 3 is 2.32 bits per heavy atom. The zero-order chi connectivity index (χ0) is 26.4. The molecular weight excluding hydrogens is 492 g/mol. The quantitative estimate of drug-likeness (QED) is 0.176. The van der Waals surface area contributed by atoms with Crippen LogP contribution in [0.15, 0.2) is 79.0 Å². The maximum atomic E-state index is 12.7. The first kappa shape index (κ1) is 26.2. The Kier molecular flexibility index (Phi) is 8.12. The molecule has 1 aromatic heterocycles. The van der Waals surface area contributed by atoms with Crippen LogP contribution in [0.3, 0.4) is 0 Å². The topological polar surface area (TPSA) is 124 Å². The summed E-state index contributed by atoms with van der Waals surface area (Å²) in [7, 11) is -3.74. The number of hydrogen-bond acceptors (Lipinski definition) is 6. The number of carbonyl (C=O) groups is 1. The molecule has 0 aliphatic heterocycles. The van der Waals surface area contributed by atoms with Crippen LogP contribution >= 0.6 is 0 Å². The molecule has 0 unspecified atom stereocenters. The second kappa shape index (κ2) is 11.5. The van der Waals surface area contributed by atoms with Crippen molar-refractivity contribution in [3.63, 3.8) is 0 Å². The van der Waals surface area contributed by atoms with Gasteiger partial charge in [0.25, 0.3) is 5.91 Å². The van der Waals surface area contributed by atoms with E-state index in [9.17, 15) is 18.4 Å². The fourth-order valence-corrected chi connectivity index (χ4v) is 4.98. The van der Waals surface area contributed by atoms with Gasteiger partial charge in [-0.15, -0.1) is 0 Å². The van der Waals surface area contributed by atoms with Crippen LogP contribution in [0.1, 0.15) is 11.1 Å². The van der Waals surface area contributed by atoms with Crippen LogP contribution in [0.25, 0.3) is 10.9 Å². The monoisotopic (exact) mass is 522 g/mol. The Labute approximate surface area is 216 Å². The molecule has 10 heteroatoms. The number of hydrogen-bond donors (Lipinski definition) is 4. The fourth-order valence-electron chi connectivity index (χ4n) is 4.06. The van der Waals surface area contributed by atoms with Gasteiger partial charge in [0, 0.05) is 23.6 Å². The normalized spacial score (nSPS) is 12.3. The fraction of sp³-hybridized carbons (Fsp3) is 0.222. The van der Waals surface area contributed by atoms with Gasteiger partial charge in [-0.3, -0.25) is 14.3 Å². The number of rotatable bonds is 11. The molecule has 1 amide bonds. The van der Waals surface area contributed by atoms with Crippen molar-refractivity contribution in [3.05, 3.63) is 90.1 Å². The molecule has 3 aromatic carbocycles. The lowest BCUT2D eigenvalue weighted by Crippen LogP contribution is -2.52. The number of para-hydroxylation sites is 1. The predicted molar refractivity (Wildman–Crippen MR) is 144 cm³/mol. The molecule has 0 saturated heterocycles. The number of sulfonamides is 1. The summed E-state index contributed by atoms with van der Waals surface area (Å²) < 4.78 is 32.3. The molecule has 194 valence electrons. The molecule has 0 saturated carbocycles. The maximum Gasteiger partial charge on any atom is 0.262 e. The van der Waals surface area contributed by atoms with Crippen molar-refractivity contribution in [2.45, 2.75) is 19.4 Å². The number of aryl methyl sites for hydroxylation is 1. The Morgan fingerprint density at radius 1 is 1.03 bits per heavy atom. The highest BCUT2D eigenvalue weighted by Gasteiger charge is 2.26. The van der Waals surface area contributed by atoms with Crippen LogP contribution in [0.4, 0.5) is 5.69 Å². The SMILES string of the molecule is Cc1ccc(Oc2ccc(N(C[C@H](NCCc3c[nH]c4ccccc34)C(=O)NO)S(C)(=O)=O)cc2)cc1. The highest BCUT2D eigenvalue weighted by molar-refractivity contribution is 7.92. The van der Waals surface area contributed by atoms with Crippen LogP contribution < -0.4 is 19.8 Å². The second-order valence-electron chi connectivity index (χ2n) is 8.80. The van der Waals surface area contributed by atoms with E-state index in [2.05, 4.69) is 10.3 Å². The molecular formula is C27H30N4O5S. The number of nitrogens with one attached hydrogen (secondary N) is 3. The van der Waals surface area contributed by atoms with Crippen molar-refractivity contribution >= 4 is 32.5 Å². The van der Waals surface area contributed by atoms with E-state index in [1.54, 1.807) is 29.7 Å². The Bertz CT molecular complexity index is 1450. The number of fused-ring (bicyclic) bond motifs is 1. The Balaban J connectivity index is 1.46. The van der Waals surface area contributed by atoms with E-state index in [-0.39, 0.29) is 6.54 Å². The summed E-state index contributed by atoms with van der Waals surface area (Å²) in [6.07, 6.45) is 3.59. The number of ether oxygens (including phenoxy) is 1. The van der Waals surface area contributed by atoms with Crippen LogP contribution in [0.5, 0.6) is 11.5 Å². The van der Waals surface area contributed by atoms with Gasteiger partial charge in [0.15, 0.2) is 0 Å². The zero-order valence-electron chi connectivity index (χ0n) is 20.6. The van der Waals surface area contributed by atoms with E-state index in [1.165, 1.54) is 0 Å². The maximum absolute atomic E-state index is 12.7. The molecule has 0 aliphatic carbocycles. The summed E-state index contributed by atoms with van der Waals surface area (Å²) in [5.74, 6) is 0.479. The van der Waals surface area contributed by atoms with Gasteiger partial charge in [0.05, 0.1) is 18.5 Å². The van der Waals surface area contributed by atoms with Gasteiger partial charge < -0.3 is 15.0 Å². The summed E-state index contributed by atoms with van der Waals surface area (Å²) in [5.41, 5.74) is 5.20. The molecule has 0 aliphatic rings. The van der Waals surface area contributed by atoms with Crippen LogP contribution in [-0.2, 0) is 21.2 Å². The summed E-state index contributed by atoms with van der Waals surface area (Å²) in [5, 5.41) is 13.4. The van der Waals surface area contributed by atoms with Crippen molar-refractivity contribution in [2.24, 2.45) is 0 Å². The lowest BCUT2D eigenvalue weighted by atomic mass is 10.1. The number of hydroxylamine groups is 1. The van der Waals surface area contributed by atoms with Gasteiger partial charge in [-0.25, -0.2) is 13.9 Å². The van der Waals surface area contributed by atoms with Crippen molar-refractivity contribution in [3.8, 4) is 11.5 Å². The largest absolute Gasteiger partial charge is 0.457 e. The first-order chi connectivity index (χ1) is 17.7. The number of anilines is 1. The number of aromatic nitrogens is 1. The van der Waals surface area contributed by atoms with Crippen molar-refractivity contribution in [2.75, 3.05) is 23.7 Å². The third kappa shape index (κ3) is 6.67. The van der Waals surface area contributed by atoms with E-state index in [4.69, 9.17) is 4.74 Å². The van der Waals surface area contributed by atoms with Gasteiger partial charge in [0.2, 0.25) is 10.0 Å². The van der Waals surface area contributed by atoms with Gasteiger partial charge in [-0.05, 0) is 61.4 Å². The standard InChI is InChI=1S/C27H30N4O5S/c1-19-7-11-22(12-8-19)36-23-13-9-21(10-14-23)31(37(2,34)35)18-26(27(32)30-33)28-16-15-20-17-29-25-6-4-3-5-24(20)25/h3-14,17,26,28-29,33H,15-16,18H2,1-2H3,(H,30,32)/t26-/m0/s1. The Hall–Kier alpha value is -3.86. The van der Waals surface area contributed by atoms with Crippen molar-refractivity contribution in [1.29, 1.82) is 0 Å². The molecule has 1 heterocycles. The molecule has 37 heavy (non-hydrogen) atoms. The second-order valence-corrected chi connectivity index (χ2v) is 10.7. The average Bonchev–Trinajstić information content (AvgIpc) is 3.30. The van der Waals surface area contributed by atoms with E-state index >= 15 is 0 Å². The number of nitrogens with zero attached hydrogens (tertiary/aromatic N) is 1. The van der Waals surface area contributed by atoms with Crippen LogP contribution in [0, 0.1) is 6.92 Å². The first-order valence-corrected chi connectivity index (χ1v) is 13.6. The molecule has 0 fully saturated rings. The molecule has 4 rings (SSSR count). The summed E-state index contributed by atoms with van der Waals surface area (Å²) >= 11 is 0. The number of aromatic amines is 1. The van der Waals surface area contributed by atoms with E-state index < -0.39 is 22.0 Å². The summed E-state index contributed by atoms with van der Waals surface area (Å²) in [6.45, 7) is 2.16. The minimum absolute atomic E-state index is 0.211. The lowest BCUT2D eigenvalue weighted by Gasteiger charge is -2.27. The molecule has 4 N–H and O–H groups in total. The van der Waals surface area contributed by atoms with Gasteiger partial charge in [-0.1, -0.05) is 35.9 Å². The third-order valence-corrected chi connectivity index (χ3v) is 7.18. The molecule has 1 atom stereocenters. The van der Waals surface area contributed by atoms with E-state index in [0.717, 1.165) is 32.6 Å². The molecule has 0 radical (unpaired) electrons. The number of benzene rings is 3. The van der Waals surface area contributed by atoms with Crippen LogP contribution in [-0.4, -0.2) is 49.9 Å². The molecule has 4 aromatic rings. The minimum Gasteiger partial charge on any atom is -0.457 e. The van der Waals surface area contributed by atoms with Crippen molar-refractivity contribution in [1.82, 2.24) is 15.8 Å². The highest BCUT2D eigenvalue weighted by atomic mass is 32.2. The van der Waals surface area contributed by atoms with Crippen LogP contribution in [0.2, 0.25) is 0 Å². The van der Waals surface area contributed by atoms with E-state index in [1.807, 2.05) is 61.7 Å². The van der Waals surface area contributed by atoms with E-state index in [0.29, 0.717) is 30.2 Å². The number of amides is 1. The summed E-state index contributed by atoms with van der Waals surface area (Å²) in [4.78, 5) is 15.6. The van der Waals surface area contributed by atoms with Gasteiger partial charge in [-0.2, -0.15) is 0 Å². The predicted octanol–water partition coefficient (Wildman–Crippen LogP) is 3.74. The first-order valence-electron chi connectivity index (χ1n) is 11.8. The summed E-state index contributed by atoms with van der Waals surface area (Å²) in [6, 6.07) is 21.0. The zero-order valence-corrected chi connectivity index (χ0v) is 21.5. The lowest BCUT2D eigenvalue weighted by molar-refractivity contribution is -0.131. The highest BCUT2D eigenvalue weighted by Crippen LogP contribution is 2.26. The van der Waals surface area contributed by atoms with Crippen molar-refractivity contribution < 1.29 is 23.2 Å². The van der Waals surface area contributed by atoms with Gasteiger partial charge >= 0.3 is 0 Å². The smallest absolute Gasteiger partial charge is 0.262 e. The minimum atomic E-state index is -3.74. The molecule has 0 spiro atoms. The third-order valence-electron chi connectivity index (χ3n) is 6.02. The molecule has 0 bridgehead atoms. The average molecular weight is 523 g/mol. The number of H-pyrrole nitrogens is 1.